The minimum absolute atomic E-state index is 0.197. The van der Waals surface area contributed by atoms with Crippen molar-refractivity contribution in [1.29, 1.82) is 0 Å². The third-order valence-electron chi connectivity index (χ3n) is 8.06. The van der Waals surface area contributed by atoms with Crippen LogP contribution in [0.25, 0.3) is 11.4 Å². The van der Waals surface area contributed by atoms with E-state index in [1.165, 1.54) is 0 Å². The third kappa shape index (κ3) is 2.77. The predicted molar refractivity (Wildman–Crippen MR) is 156 cm³/mol. The van der Waals surface area contributed by atoms with Crippen LogP contribution in [0.4, 0.5) is 11.4 Å². The first-order chi connectivity index (χ1) is 19.3. The number of amides is 1. The van der Waals surface area contributed by atoms with Crippen molar-refractivity contribution in [2.24, 2.45) is 0 Å². The SMILES string of the molecule is O=C1C2=C(c3ccccc31)N(c1cc(Cl)cc(Cl)c1)C1=C(C(=O)c3ccccc31)C21C(=O)Nc2ccc(Cl)cc21. The van der Waals surface area contributed by atoms with Crippen LogP contribution in [0.5, 0.6) is 0 Å². The van der Waals surface area contributed by atoms with Gasteiger partial charge in [0.1, 0.15) is 5.41 Å². The maximum Gasteiger partial charge on any atom is 0.244 e. The van der Waals surface area contributed by atoms with Gasteiger partial charge in [0.15, 0.2) is 11.6 Å². The molecule has 4 aromatic rings. The number of hydrogen-bond donors (Lipinski definition) is 1. The van der Waals surface area contributed by atoms with Gasteiger partial charge >= 0.3 is 0 Å². The van der Waals surface area contributed by atoms with Crippen LogP contribution in [0.1, 0.15) is 37.4 Å². The Morgan fingerprint density at radius 1 is 0.600 bits per heavy atom. The molecular weight excluding hydrogens is 567 g/mol. The van der Waals surface area contributed by atoms with Crippen LogP contribution in [0, 0.1) is 0 Å². The first-order valence-corrected chi connectivity index (χ1v) is 13.6. The monoisotopic (exact) mass is 580 g/mol. The molecule has 2 aliphatic carbocycles. The van der Waals surface area contributed by atoms with Gasteiger partial charge in [0, 0.05) is 65.4 Å². The standard InChI is InChI=1S/C32H15Cl3N2O3/c33-15-9-10-24-23(14-15)32(31(40)36-24)25-27(19-5-1-3-7-21(19)29(25)38)37(18-12-16(34)11-17(35)13-18)28-20-6-2-4-8-22(20)30(39)26(28)32/h1-14H,(H,36,40). The van der Waals surface area contributed by atoms with Crippen molar-refractivity contribution in [3.05, 3.63) is 139 Å². The molecule has 0 saturated heterocycles. The second kappa shape index (κ2) is 7.95. The number of hydrogen-bond acceptors (Lipinski definition) is 4. The Hall–Kier alpha value is -4.16. The second-order valence-electron chi connectivity index (χ2n) is 10.1. The lowest BCUT2D eigenvalue weighted by Crippen LogP contribution is -2.47. The summed E-state index contributed by atoms with van der Waals surface area (Å²) in [5.74, 6) is -1.14. The fraction of sp³-hybridized carbons (Fsp3) is 0.0312. The fourth-order valence-corrected chi connectivity index (χ4v) is 7.31. The number of carbonyl (C=O) groups is 3. The average molecular weight is 582 g/mol. The molecular formula is C32H15Cl3N2O3. The van der Waals surface area contributed by atoms with Crippen LogP contribution in [0.15, 0.2) is 96.1 Å². The molecule has 0 atom stereocenters. The number of nitrogens with zero attached hydrogens (tertiary/aromatic N) is 1. The van der Waals surface area contributed by atoms with Gasteiger partial charge in [0.2, 0.25) is 5.91 Å². The molecule has 0 unspecified atom stereocenters. The minimum atomic E-state index is -1.73. The summed E-state index contributed by atoms with van der Waals surface area (Å²) < 4.78 is 0. The van der Waals surface area contributed by atoms with E-state index in [1.54, 1.807) is 60.7 Å². The van der Waals surface area contributed by atoms with Crippen LogP contribution in [0.3, 0.4) is 0 Å². The number of benzene rings is 4. The van der Waals surface area contributed by atoms with Gasteiger partial charge in [-0.1, -0.05) is 83.3 Å². The Balaban J connectivity index is 1.59. The van der Waals surface area contributed by atoms with Crippen molar-refractivity contribution < 1.29 is 14.4 Å². The number of fused-ring (bicyclic) bond motifs is 8. The number of ketones is 2. The van der Waals surface area contributed by atoms with E-state index in [2.05, 4.69) is 5.32 Å². The smallest absolute Gasteiger partial charge is 0.244 e. The maximum absolute atomic E-state index is 14.4. The first kappa shape index (κ1) is 23.7. The highest BCUT2D eigenvalue weighted by molar-refractivity contribution is 6.40. The largest absolute Gasteiger partial charge is 0.324 e. The van der Waals surface area contributed by atoms with Crippen molar-refractivity contribution in [3.63, 3.8) is 0 Å². The summed E-state index contributed by atoms with van der Waals surface area (Å²) in [6.07, 6.45) is 0. The summed E-state index contributed by atoms with van der Waals surface area (Å²) in [5, 5.41) is 4.10. The highest BCUT2D eigenvalue weighted by Crippen LogP contribution is 2.62. The van der Waals surface area contributed by atoms with Crippen LogP contribution < -0.4 is 10.2 Å². The summed E-state index contributed by atoms with van der Waals surface area (Å²) in [7, 11) is 0. The lowest BCUT2D eigenvalue weighted by molar-refractivity contribution is -0.118. The molecule has 2 aliphatic heterocycles. The van der Waals surface area contributed by atoms with Crippen molar-refractivity contribution in [2.75, 3.05) is 10.2 Å². The van der Waals surface area contributed by atoms with E-state index in [4.69, 9.17) is 34.8 Å². The topological polar surface area (TPSA) is 66.5 Å². The molecule has 8 rings (SSSR count). The summed E-state index contributed by atoms with van der Waals surface area (Å²) in [6, 6.07) is 24.5. The number of nitrogens with one attached hydrogen (secondary N) is 1. The molecule has 8 heteroatoms. The zero-order valence-corrected chi connectivity index (χ0v) is 22.7. The van der Waals surface area contributed by atoms with E-state index in [0.717, 1.165) is 0 Å². The molecule has 0 bridgehead atoms. The molecule has 5 nitrogen and oxygen atoms in total. The minimum Gasteiger partial charge on any atom is -0.324 e. The number of Topliss-reactive ketones (excluding diaryl/α,β-unsaturated/α-hetero) is 2. The predicted octanol–water partition coefficient (Wildman–Crippen LogP) is 7.57. The van der Waals surface area contributed by atoms with Gasteiger partial charge in [0.25, 0.3) is 0 Å². The highest BCUT2D eigenvalue weighted by atomic mass is 35.5. The quantitative estimate of drug-likeness (QED) is 0.252. The van der Waals surface area contributed by atoms with Crippen LogP contribution in [0.2, 0.25) is 15.1 Å². The van der Waals surface area contributed by atoms with E-state index >= 15 is 0 Å². The van der Waals surface area contributed by atoms with Crippen LogP contribution >= 0.6 is 34.8 Å². The van der Waals surface area contributed by atoms with E-state index in [9.17, 15) is 14.4 Å². The van der Waals surface area contributed by atoms with Gasteiger partial charge in [-0.05, 0) is 36.4 Å². The normalized spacial score (nSPS) is 17.7. The van der Waals surface area contributed by atoms with Crippen LogP contribution in [-0.4, -0.2) is 17.5 Å². The molecule has 4 aromatic carbocycles. The van der Waals surface area contributed by atoms with Gasteiger partial charge in [-0.15, -0.1) is 0 Å². The molecule has 0 radical (unpaired) electrons. The summed E-state index contributed by atoms with van der Waals surface area (Å²) in [4.78, 5) is 45.1. The number of carbonyl (C=O) groups excluding carboxylic acids is 3. The van der Waals surface area contributed by atoms with E-state index < -0.39 is 11.3 Å². The molecule has 4 aliphatic rings. The molecule has 0 fully saturated rings. The lowest BCUT2D eigenvalue weighted by atomic mass is 9.65. The van der Waals surface area contributed by atoms with Gasteiger partial charge in [-0.2, -0.15) is 0 Å². The molecule has 0 saturated carbocycles. The summed E-state index contributed by atoms with van der Waals surface area (Å²) in [5.41, 5.74) is 3.37. The molecule has 1 spiro atoms. The Bertz CT molecular complexity index is 1890. The molecule has 1 amide bonds. The van der Waals surface area contributed by atoms with E-state index in [-0.39, 0.29) is 22.7 Å². The summed E-state index contributed by atoms with van der Waals surface area (Å²) in [6.45, 7) is 0. The molecule has 1 N–H and O–H groups in total. The van der Waals surface area contributed by atoms with E-state index in [0.29, 0.717) is 65.7 Å². The first-order valence-electron chi connectivity index (χ1n) is 12.5. The Labute approximate surface area is 243 Å². The van der Waals surface area contributed by atoms with Crippen molar-refractivity contribution in [2.45, 2.75) is 5.41 Å². The van der Waals surface area contributed by atoms with Crippen molar-refractivity contribution in [1.82, 2.24) is 0 Å². The van der Waals surface area contributed by atoms with Crippen molar-refractivity contribution in [3.8, 4) is 0 Å². The molecule has 2 heterocycles. The van der Waals surface area contributed by atoms with Gasteiger partial charge in [0.05, 0.1) is 11.4 Å². The average Bonchev–Trinajstić information content (AvgIpc) is 3.51. The molecule has 40 heavy (non-hydrogen) atoms. The van der Waals surface area contributed by atoms with Crippen molar-refractivity contribution >= 4 is 75.0 Å². The molecule has 192 valence electrons. The number of rotatable bonds is 1. The van der Waals surface area contributed by atoms with Gasteiger partial charge < -0.3 is 10.2 Å². The second-order valence-corrected chi connectivity index (χ2v) is 11.4. The lowest BCUT2D eigenvalue weighted by Gasteiger charge is -2.41. The van der Waals surface area contributed by atoms with Gasteiger partial charge in [-0.25, -0.2) is 0 Å². The highest BCUT2D eigenvalue weighted by Gasteiger charge is 2.64. The third-order valence-corrected chi connectivity index (χ3v) is 8.73. The zero-order chi connectivity index (χ0) is 27.5. The zero-order valence-electron chi connectivity index (χ0n) is 20.4. The Kier molecular flexibility index (Phi) is 4.71. The Morgan fingerprint density at radius 3 is 1.68 bits per heavy atom. The summed E-state index contributed by atoms with van der Waals surface area (Å²) >= 11 is 19.5. The number of halogens is 3. The van der Waals surface area contributed by atoms with Crippen LogP contribution in [-0.2, 0) is 10.2 Å². The Morgan fingerprint density at radius 2 is 1.12 bits per heavy atom. The van der Waals surface area contributed by atoms with Gasteiger partial charge in [-0.3, -0.25) is 14.4 Å². The maximum atomic E-state index is 14.4. The molecule has 0 aromatic heterocycles. The fourth-order valence-electron chi connectivity index (χ4n) is 6.62. The number of anilines is 2. The van der Waals surface area contributed by atoms with E-state index in [1.807, 2.05) is 29.2 Å².